The van der Waals surface area contributed by atoms with Gasteiger partial charge in [-0.3, -0.25) is 0 Å². The molecule has 0 saturated heterocycles. The second-order valence-electron chi connectivity index (χ2n) is 5.55. The zero-order valence-electron chi connectivity index (χ0n) is 11.5. The van der Waals surface area contributed by atoms with Crippen molar-refractivity contribution in [3.8, 4) is 11.1 Å². The van der Waals surface area contributed by atoms with E-state index in [4.69, 9.17) is 5.73 Å². The second-order valence-corrected chi connectivity index (χ2v) is 5.55. The molecule has 2 N–H and O–H groups in total. The summed E-state index contributed by atoms with van der Waals surface area (Å²) >= 11 is 0. The van der Waals surface area contributed by atoms with Crippen LogP contribution in [0.3, 0.4) is 0 Å². The lowest BCUT2D eigenvalue weighted by Gasteiger charge is -2.08. The molecule has 0 aliphatic heterocycles. The molecule has 0 spiro atoms. The van der Waals surface area contributed by atoms with E-state index < -0.39 is 0 Å². The molecule has 0 saturated carbocycles. The van der Waals surface area contributed by atoms with Gasteiger partial charge in [-0.15, -0.1) is 0 Å². The number of fused-ring (bicyclic) bond motifs is 3. The lowest BCUT2D eigenvalue weighted by Crippen LogP contribution is -1.94. The zero-order valence-corrected chi connectivity index (χ0v) is 11.5. The Hall–Kier alpha value is -1.76. The molecule has 1 aliphatic carbocycles. The molecular weight excluding hydrogens is 218 g/mol. The van der Waals surface area contributed by atoms with E-state index >= 15 is 0 Å². The van der Waals surface area contributed by atoms with Crippen LogP contribution in [0.4, 0.5) is 5.69 Å². The minimum atomic E-state index is 0.455. The molecule has 3 rings (SSSR count). The zero-order chi connectivity index (χ0) is 13.0. The number of hydrogen-bond acceptors (Lipinski definition) is 1. The maximum atomic E-state index is 5.99. The number of anilines is 1. The summed E-state index contributed by atoms with van der Waals surface area (Å²) in [6, 6.07) is 8.88. The molecule has 1 atom stereocenters. The van der Waals surface area contributed by atoms with Gasteiger partial charge in [0.1, 0.15) is 0 Å². The van der Waals surface area contributed by atoms with Crippen LogP contribution in [-0.4, -0.2) is 0 Å². The van der Waals surface area contributed by atoms with E-state index in [0.29, 0.717) is 5.92 Å². The van der Waals surface area contributed by atoms with E-state index in [9.17, 15) is 0 Å². The first-order valence-electron chi connectivity index (χ1n) is 6.50. The molecule has 1 unspecified atom stereocenters. The van der Waals surface area contributed by atoms with Crippen molar-refractivity contribution in [1.29, 1.82) is 0 Å². The van der Waals surface area contributed by atoms with Gasteiger partial charge >= 0.3 is 0 Å². The van der Waals surface area contributed by atoms with E-state index in [1.807, 2.05) is 0 Å². The van der Waals surface area contributed by atoms with Gasteiger partial charge in [-0.1, -0.05) is 19.1 Å². The van der Waals surface area contributed by atoms with Gasteiger partial charge in [-0.2, -0.15) is 0 Å². The number of rotatable bonds is 0. The van der Waals surface area contributed by atoms with Gasteiger partial charge in [0.2, 0.25) is 0 Å². The third-order valence-electron chi connectivity index (χ3n) is 4.26. The largest absolute Gasteiger partial charge is 0.399 e. The van der Waals surface area contributed by atoms with E-state index in [1.54, 1.807) is 0 Å². The number of nitrogens with two attached hydrogens (primary N) is 1. The van der Waals surface area contributed by atoms with Crippen molar-refractivity contribution in [1.82, 2.24) is 0 Å². The molecule has 92 valence electrons. The van der Waals surface area contributed by atoms with Gasteiger partial charge in [0, 0.05) is 11.6 Å². The van der Waals surface area contributed by atoms with Crippen molar-refractivity contribution in [2.45, 2.75) is 33.6 Å². The minimum Gasteiger partial charge on any atom is -0.399 e. The van der Waals surface area contributed by atoms with E-state index in [2.05, 4.69) is 52.0 Å². The number of nitrogen functional groups attached to an aromatic ring is 1. The molecule has 0 bridgehead atoms. The molecule has 0 radical (unpaired) electrons. The van der Waals surface area contributed by atoms with Crippen LogP contribution >= 0.6 is 0 Å². The minimum absolute atomic E-state index is 0.455. The predicted octanol–water partition coefficient (Wildman–Crippen LogP) is 4.33. The summed E-state index contributed by atoms with van der Waals surface area (Å²) < 4.78 is 0. The summed E-state index contributed by atoms with van der Waals surface area (Å²) in [6.45, 7) is 8.81. The van der Waals surface area contributed by atoms with Crippen molar-refractivity contribution >= 4 is 5.69 Å². The summed E-state index contributed by atoms with van der Waals surface area (Å²) in [6.07, 6.45) is 0. The molecular formula is C17H19N. The summed E-state index contributed by atoms with van der Waals surface area (Å²) in [5, 5.41) is 0. The molecule has 0 amide bonds. The highest BCUT2D eigenvalue weighted by atomic mass is 14.5. The van der Waals surface area contributed by atoms with Crippen molar-refractivity contribution in [2.24, 2.45) is 0 Å². The summed E-state index contributed by atoms with van der Waals surface area (Å²) in [5.74, 6) is 0.455. The molecule has 0 heterocycles. The van der Waals surface area contributed by atoms with Crippen molar-refractivity contribution in [2.75, 3.05) is 5.73 Å². The van der Waals surface area contributed by atoms with Crippen LogP contribution in [-0.2, 0) is 0 Å². The average Bonchev–Trinajstić information content (AvgIpc) is 2.54. The second kappa shape index (κ2) is 3.61. The Morgan fingerprint density at radius 3 is 2.22 bits per heavy atom. The van der Waals surface area contributed by atoms with Gasteiger partial charge in [-0.05, 0) is 71.8 Å². The SMILES string of the molecule is Cc1cc2c(cc1C)C(C)c1cc(N)cc(C)c1-2. The first-order valence-corrected chi connectivity index (χ1v) is 6.50. The number of aryl methyl sites for hydroxylation is 3. The van der Waals surface area contributed by atoms with Crippen molar-refractivity contribution in [3.05, 3.63) is 52.1 Å². The Morgan fingerprint density at radius 2 is 1.50 bits per heavy atom. The average molecular weight is 237 g/mol. The molecule has 18 heavy (non-hydrogen) atoms. The molecule has 2 aromatic carbocycles. The van der Waals surface area contributed by atoms with Crippen LogP contribution in [0.25, 0.3) is 11.1 Å². The van der Waals surface area contributed by atoms with Crippen LogP contribution in [0.2, 0.25) is 0 Å². The fourth-order valence-electron chi connectivity index (χ4n) is 3.13. The van der Waals surface area contributed by atoms with Gasteiger partial charge in [0.05, 0.1) is 0 Å². The van der Waals surface area contributed by atoms with E-state index in [1.165, 1.54) is 38.9 Å². The first kappa shape index (κ1) is 11.3. The van der Waals surface area contributed by atoms with Gasteiger partial charge in [-0.25, -0.2) is 0 Å². The van der Waals surface area contributed by atoms with Gasteiger partial charge in [0.15, 0.2) is 0 Å². The van der Waals surface area contributed by atoms with Crippen molar-refractivity contribution in [3.63, 3.8) is 0 Å². The Kier molecular flexibility index (Phi) is 2.28. The highest BCUT2D eigenvalue weighted by Gasteiger charge is 2.27. The van der Waals surface area contributed by atoms with E-state index in [0.717, 1.165) is 5.69 Å². The number of benzene rings is 2. The van der Waals surface area contributed by atoms with Crippen LogP contribution in [0.1, 0.15) is 40.7 Å². The summed E-state index contributed by atoms with van der Waals surface area (Å²) in [5.41, 5.74) is 16.5. The standard InChI is InChI=1S/C17H19N/c1-9-6-14-12(4)15-8-13(18)5-11(3)17(15)16(14)7-10(9)2/h5-8,12H,18H2,1-4H3. The molecule has 1 nitrogen and oxygen atoms in total. The fourth-order valence-corrected chi connectivity index (χ4v) is 3.13. The highest BCUT2D eigenvalue weighted by molar-refractivity contribution is 5.83. The van der Waals surface area contributed by atoms with Crippen molar-refractivity contribution < 1.29 is 0 Å². The Bertz CT molecular complexity index is 653. The van der Waals surface area contributed by atoms with Gasteiger partial charge in [0.25, 0.3) is 0 Å². The Morgan fingerprint density at radius 1 is 0.833 bits per heavy atom. The predicted molar refractivity (Wildman–Crippen MR) is 78.0 cm³/mol. The lowest BCUT2D eigenvalue weighted by molar-refractivity contribution is 0.953. The van der Waals surface area contributed by atoms with Crippen LogP contribution in [0, 0.1) is 20.8 Å². The fraction of sp³-hybridized carbons (Fsp3) is 0.294. The topological polar surface area (TPSA) is 26.0 Å². The highest BCUT2D eigenvalue weighted by Crippen LogP contribution is 2.47. The van der Waals surface area contributed by atoms with Crippen LogP contribution in [0.5, 0.6) is 0 Å². The molecule has 2 aromatic rings. The van der Waals surface area contributed by atoms with Crippen LogP contribution < -0.4 is 5.73 Å². The number of hydrogen-bond donors (Lipinski definition) is 1. The Balaban J connectivity index is 2.37. The monoisotopic (exact) mass is 237 g/mol. The molecule has 0 aromatic heterocycles. The first-order chi connectivity index (χ1) is 8.49. The molecule has 1 heteroatoms. The van der Waals surface area contributed by atoms with E-state index in [-0.39, 0.29) is 0 Å². The Labute approximate surface area is 109 Å². The maximum absolute atomic E-state index is 5.99. The third-order valence-corrected chi connectivity index (χ3v) is 4.26. The van der Waals surface area contributed by atoms with Crippen LogP contribution in [0.15, 0.2) is 24.3 Å². The molecule has 0 fully saturated rings. The quantitative estimate of drug-likeness (QED) is 0.678. The lowest BCUT2D eigenvalue weighted by atomic mass is 9.96. The molecule has 1 aliphatic rings. The summed E-state index contributed by atoms with van der Waals surface area (Å²) in [4.78, 5) is 0. The maximum Gasteiger partial charge on any atom is 0.0320 e. The van der Waals surface area contributed by atoms with Gasteiger partial charge < -0.3 is 5.73 Å². The normalized spacial score (nSPS) is 16.6. The third kappa shape index (κ3) is 1.40. The summed E-state index contributed by atoms with van der Waals surface area (Å²) in [7, 11) is 0. The smallest absolute Gasteiger partial charge is 0.0320 e.